The Morgan fingerprint density at radius 2 is 2.00 bits per heavy atom. The molecule has 0 radical (unpaired) electrons. The molecule has 2 aromatic carbocycles. The molecular weight excluding hydrogens is 453 g/mol. The number of phenols is 1. The van der Waals surface area contributed by atoms with Gasteiger partial charge in [0.15, 0.2) is 0 Å². The molecule has 1 unspecified atom stereocenters. The number of anilines is 1. The molecule has 0 bridgehead atoms. The molecule has 4 N–H and O–H groups in total. The summed E-state index contributed by atoms with van der Waals surface area (Å²) in [6.07, 6.45) is 1.81. The first-order valence-corrected chi connectivity index (χ1v) is 11.3. The second kappa shape index (κ2) is 10.9. The second-order valence-electron chi connectivity index (χ2n) is 8.34. The summed E-state index contributed by atoms with van der Waals surface area (Å²) >= 11 is 0. The number of halogens is 1. The molecule has 1 fully saturated rings. The quantitative estimate of drug-likeness (QED) is 0.327. The molecule has 2 aliphatic rings. The van der Waals surface area contributed by atoms with E-state index in [9.17, 15) is 14.3 Å². The number of nitrogens with two attached hydrogens (primary N) is 1. The summed E-state index contributed by atoms with van der Waals surface area (Å²) in [5, 5.41) is 24.1. The highest BCUT2D eigenvalue weighted by atomic mass is 19.1. The first-order chi connectivity index (χ1) is 16.9. The number of piperazine rings is 1. The van der Waals surface area contributed by atoms with Crippen molar-refractivity contribution in [3.8, 4) is 5.75 Å². The third kappa shape index (κ3) is 6.25. The SMILES string of the molecule is CC(=O)NCC1CC(c2ccc(N3CCN(/C(N)=N/N=C\c4ccc(O)cc4)CC3)c(F)c2)=NO1. The molecule has 0 aromatic heterocycles. The maximum atomic E-state index is 15.0. The molecule has 2 aliphatic heterocycles. The van der Waals surface area contributed by atoms with Crippen LogP contribution >= 0.6 is 0 Å². The van der Waals surface area contributed by atoms with Crippen molar-refractivity contribution >= 4 is 29.5 Å². The van der Waals surface area contributed by atoms with Crippen molar-refractivity contribution in [2.24, 2.45) is 21.1 Å². The first kappa shape index (κ1) is 24.0. The summed E-state index contributed by atoms with van der Waals surface area (Å²) in [6, 6.07) is 11.6. The van der Waals surface area contributed by atoms with Crippen molar-refractivity contribution in [2.75, 3.05) is 37.6 Å². The molecule has 0 spiro atoms. The highest BCUT2D eigenvalue weighted by molar-refractivity contribution is 6.01. The Labute approximate surface area is 202 Å². The Morgan fingerprint density at radius 1 is 1.26 bits per heavy atom. The number of rotatable bonds is 6. The van der Waals surface area contributed by atoms with Gasteiger partial charge in [-0.25, -0.2) is 4.39 Å². The van der Waals surface area contributed by atoms with Crippen LogP contribution in [0.4, 0.5) is 10.1 Å². The number of oxime groups is 1. The summed E-state index contributed by atoms with van der Waals surface area (Å²) in [5.41, 5.74) is 8.71. The van der Waals surface area contributed by atoms with E-state index >= 15 is 0 Å². The molecule has 10 nitrogen and oxygen atoms in total. The van der Waals surface area contributed by atoms with E-state index in [1.54, 1.807) is 36.5 Å². The number of phenolic OH excluding ortho intramolecular Hbond substituents is 1. The molecule has 1 amide bonds. The van der Waals surface area contributed by atoms with Crippen molar-refractivity contribution < 1.29 is 19.1 Å². The van der Waals surface area contributed by atoms with Gasteiger partial charge < -0.3 is 30.8 Å². The molecular formula is C24H28FN7O3. The van der Waals surface area contributed by atoms with Gasteiger partial charge >= 0.3 is 0 Å². The van der Waals surface area contributed by atoms with Crippen LogP contribution in [0.2, 0.25) is 0 Å². The van der Waals surface area contributed by atoms with Crippen LogP contribution in [0, 0.1) is 5.82 Å². The number of amides is 1. The van der Waals surface area contributed by atoms with Gasteiger partial charge in [0.05, 0.1) is 24.2 Å². The zero-order valence-electron chi connectivity index (χ0n) is 19.4. The van der Waals surface area contributed by atoms with Gasteiger partial charge in [-0.2, -0.15) is 5.10 Å². The Balaban J connectivity index is 1.30. The van der Waals surface area contributed by atoms with Gasteiger partial charge in [0, 0.05) is 45.1 Å². The van der Waals surface area contributed by atoms with Crippen LogP contribution in [-0.4, -0.2) is 72.6 Å². The van der Waals surface area contributed by atoms with Crippen molar-refractivity contribution in [1.82, 2.24) is 10.2 Å². The second-order valence-corrected chi connectivity index (χ2v) is 8.34. The lowest BCUT2D eigenvalue weighted by atomic mass is 10.0. The van der Waals surface area contributed by atoms with Crippen LogP contribution in [0.5, 0.6) is 5.75 Å². The maximum absolute atomic E-state index is 15.0. The number of nitrogens with zero attached hydrogens (tertiary/aromatic N) is 5. The predicted octanol–water partition coefficient (Wildman–Crippen LogP) is 1.63. The summed E-state index contributed by atoms with van der Waals surface area (Å²) in [7, 11) is 0. The average Bonchev–Trinajstić information content (AvgIpc) is 3.33. The van der Waals surface area contributed by atoms with E-state index in [0.29, 0.717) is 62.1 Å². The molecule has 0 aliphatic carbocycles. The van der Waals surface area contributed by atoms with E-state index in [-0.39, 0.29) is 23.6 Å². The largest absolute Gasteiger partial charge is 0.508 e. The van der Waals surface area contributed by atoms with E-state index in [4.69, 9.17) is 10.6 Å². The van der Waals surface area contributed by atoms with Crippen LogP contribution in [0.1, 0.15) is 24.5 Å². The maximum Gasteiger partial charge on any atom is 0.217 e. The minimum atomic E-state index is -0.330. The molecule has 11 heteroatoms. The fraction of sp³-hybridized carbons (Fsp3) is 0.333. The smallest absolute Gasteiger partial charge is 0.217 e. The lowest BCUT2D eigenvalue weighted by Crippen LogP contribution is -2.51. The lowest BCUT2D eigenvalue weighted by molar-refractivity contribution is -0.119. The van der Waals surface area contributed by atoms with E-state index in [0.717, 1.165) is 5.56 Å². The Morgan fingerprint density at radius 3 is 2.69 bits per heavy atom. The van der Waals surface area contributed by atoms with Crippen molar-refractivity contribution in [1.29, 1.82) is 0 Å². The zero-order valence-corrected chi connectivity index (χ0v) is 19.4. The molecule has 2 aromatic rings. The van der Waals surface area contributed by atoms with Crippen molar-refractivity contribution in [3.05, 3.63) is 59.4 Å². The van der Waals surface area contributed by atoms with Crippen LogP contribution < -0.4 is 16.0 Å². The topological polar surface area (TPSA) is 128 Å². The van der Waals surface area contributed by atoms with Gasteiger partial charge in [0.25, 0.3) is 0 Å². The number of hydrogen-bond donors (Lipinski definition) is 3. The normalized spacial score (nSPS) is 18.5. The monoisotopic (exact) mass is 481 g/mol. The van der Waals surface area contributed by atoms with E-state index in [1.807, 2.05) is 15.9 Å². The van der Waals surface area contributed by atoms with E-state index in [1.165, 1.54) is 13.0 Å². The fourth-order valence-corrected chi connectivity index (χ4v) is 3.86. The van der Waals surface area contributed by atoms with Gasteiger partial charge in [0.1, 0.15) is 17.7 Å². The fourth-order valence-electron chi connectivity index (χ4n) is 3.86. The summed E-state index contributed by atoms with van der Waals surface area (Å²) < 4.78 is 15.0. The van der Waals surface area contributed by atoms with Crippen LogP contribution in [-0.2, 0) is 9.63 Å². The molecule has 2 heterocycles. The van der Waals surface area contributed by atoms with Gasteiger partial charge in [-0.15, -0.1) is 5.10 Å². The Kier molecular flexibility index (Phi) is 7.44. The van der Waals surface area contributed by atoms with E-state index in [2.05, 4.69) is 20.7 Å². The molecule has 1 saturated heterocycles. The third-order valence-corrected chi connectivity index (χ3v) is 5.80. The summed E-state index contributed by atoms with van der Waals surface area (Å²) in [6.45, 7) is 4.13. The highest BCUT2D eigenvalue weighted by Crippen LogP contribution is 2.25. The number of benzene rings is 2. The van der Waals surface area contributed by atoms with Crippen molar-refractivity contribution in [3.63, 3.8) is 0 Å². The number of guanidine groups is 1. The number of carbonyl (C=O) groups excluding carboxylic acids is 1. The number of aromatic hydroxyl groups is 1. The minimum Gasteiger partial charge on any atom is -0.508 e. The lowest BCUT2D eigenvalue weighted by Gasteiger charge is -2.36. The third-order valence-electron chi connectivity index (χ3n) is 5.80. The van der Waals surface area contributed by atoms with Crippen LogP contribution in [0.3, 0.4) is 0 Å². The van der Waals surface area contributed by atoms with Crippen LogP contribution in [0.25, 0.3) is 0 Å². The van der Waals surface area contributed by atoms with Gasteiger partial charge in [0.2, 0.25) is 11.9 Å². The van der Waals surface area contributed by atoms with Gasteiger partial charge in [-0.1, -0.05) is 11.2 Å². The number of carbonyl (C=O) groups is 1. The molecule has 184 valence electrons. The molecule has 35 heavy (non-hydrogen) atoms. The predicted molar refractivity (Wildman–Crippen MR) is 132 cm³/mol. The number of hydrogen-bond acceptors (Lipinski definition) is 7. The van der Waals surface area contributed by atoms with Crippen molar-refractivity contribution in [2.45, 2.75) is 19.4 Å². The van der Waals surface area contributed by atoms with Gasteiger partial charge in [-0.05, 0) is 42.0 Å². The molecule has 4 rings (SSSR count). The van der Waals surface area contributed by atoms with E-state index < -0.39 is 0 Å². The molecule has 1 atom stereocenters. The Hall–Kier alpha value is -4.15. The summed E-state index contributed by atoms with van der Waals surface area (Å²) in [4.78, 5) is 20.3. The first-order valence-electron chi connectivity index (χ1n) is 11.3. The summed E-state index contributed by atoms with van der Waals surface area (Å²) in [5.74, 6) is 0.0165. The highest BCUT2D eigenvalue weighted by Gasteiger charge is 2.25. The number of nitrogens with one attached hydrogen (secondary N) is 1. The minimum absolute atomic E-state index is 0.132. The standard InChI is InChI=1S/C24H28FN7O3/c1-16(33)27-15-20-13-22(30-35-20)18-4-7-23(21(25)12-18)31-8-10-32(11-9-31)24(26)29-28-14-17-2-5-19(34)6-3-17/h2-7,12,14,20,34H,8-11,13,15H2,1H3,(H2,26,29)(H,27,33)/b28-14-. The van der Waals surface area contributed by atoms with Crippen LogP contribution in [0.15, 0.2) is 57.8 Å². The molecule has 0 saturated carbocycles. The average molecular weight is 482 g/mol. The zero-order chi connectivity index (χ0) is 24.8. The Bertz CT molecular complexity index is 1140. The van der Waals surface area contributed by atoms with Gasteiger partial charge in [-0.3, -0.25) is 4.79 Å².